The van der Waals surface area contributed by atoms with Crippen molar-refractivity contribution in [2.75, 3.05) is 39.5 Å². The Hall–Kier alpha value is -2.71. The highest BCUT2D eigenvalue weighted by atomic mass is 16.5. The fourth-order valence-corrected chi connectivity index (χ4v) is 6.36. The molecule has 5 heterocycles. The molecule has 3 aliphatic heterocycles. The van der Waals surface area contributed by atoms with Crippen LogP contribution in [-0.4, -0.2) is 65.1 Å². The molecule has 0 saturated carbocycles. The minimum atomic E-state index is -0.139. The highest BCUT2D eigenvalue weighted by Gasteiger charge is 2.30. The number of carbonyl (C=O) groups excluding carboxylic acids is 1. The number of nitrogens with zero attached hydrogens (tertiary/aromatic N) is 3. The Morgan fingerprint density at radius 2 is 1.60 bits per heavy atom. The number of rotatable bonds is 3. The minimum Gasteiger partial charge on any atom is -0.381 e. The lowest BCUT2D eigenvalue weighted by atomic mass is 9.80. The van der Waals surface area contributed by atoms with Crippen LogP contribution in [0.5, 0.6) is 0 Å². The minimum absolute atomic E-state index is 0.0892. The van der Waals surface area contributed by atoms with E-state index in [-0.39, 0.29) is 17.5 Å². The van der Waals surface area contributed by atoms with Crippen LogP contribution in [-0.2, 0) is 9.47 Å². The Labute approximate surface area is 204 Å². The van der Waals surface area contributed by atoms with Crippen molar-refractivity contribution in [2.45, 2.75) is 51.5 Å². The molecule has 8 nitrogen and oxygen atoms in total. The summed E-state index contributed by atoms with van der Waals surface area (Å²) in [6, 6.07) is 4.11. The second-order valence-electron chi connectivity index (χ2n) is 10.4. The number of fused-ring (bicyclic) bond motifs is 3. The van der Waals surface area contributed by atoms with E-state index in [9.17, 15) is 9.59 Å². The topological polar surface area (TPSA) is 89.4 Å². The molecule has 2 aromatic heterocycles. The summed E-state index contributed by atoms with van der Waals surface area (Å²) < 4.78 is 13.1. The molecule has 1 amide bonds. The maximum atomic E-state index is 13.7. The number of benzene rings is 1. The van der Waals surface area contributed by atoms with Crippen molar-refractivity contribution in [3.63, 3.8) is 0 Å². The maximum Gasteiger partial charge on any atom is 0.259 e. The predicted octanol–water partition coefficient (Wildman–Crippen LogP) is 3.82. The van der Waals surface area contributed by atoms with Gasteiger partial charge in [-0.15, -0.1) is 0 Å². The van der Waals surface area contributed by atoms with E-state index in [1.165, 1.54) is 0 Å². The van der Waals surface area contributed by atoms with E-state index < -0.39 is 0 Å². The number of aromatic nitrogens is 3. The standard InChI is InChI=1S/C27H34N4O4/c1-17-14-24-22(25-23(26(32)29-24)16-28-31(25)20-6-12-35-13-7-20)15-21(17)27(33)30-8-2-18(3-9-30)19-4-10-34-11-5-19/h14-16,18-20H,2-13H2,1H3,(H,29,32). The molecule has 0 atom stereocenters. The molecule has 3 aromatic rings. The van der Waals surface area contributed by atoms with Gasteiger partial charge in [-0.25, -0.2) is 0 Å². The Morgan fingerprint density at radius 1 is 0.943 bits per heavy atom. The molecule has 3 saturated heterocycles. The molecule has 0 bridgehead atoms. The molecule has 1 aromatic carbocycles. The van der Waals surface area contributed by atoms with Gasteiger partial charge < -0.3 is 19.4 Å². The number of amides is 1. The first-order chi connectivity index (χ1) is 17.1. The van der Waals surface area contributed by atoms with Crippen molar-refractivity contribution in [3.05, 3.63) is 39.8 Å². The van der Waals surface area contributed by atoms with Crippen molar-refractivity contribution >= 4 is 27.7 Å². The number of aromatic amines is 1. The van der Waals surface area contributed by atoms with Gasteiger partial charge in [-0.3, -0.25) is 14.3 Å². The number of nitrogens with one attached hydrogen (secondary N) is 1. The van der Waals surface area contributed by atoms with Crippen molar-refractivity contribution < 1.29 is 14.3 Å². The first-order valence-corrected chi connectivity index (χ1v) is 13.1. The summed E-state index contributed by atoms with van der Waals surface area (Å²) in [4.78, 5) is 31.5. The lowest BCUT2D eigenvalue weighted by Crippen LogP contribution is -2.41. The second-order valence-corrected chi connectivity index (χ2v) is 10.4. The number of likely N-dealkylation sites (tertiary alicyclic amines) is 1. The normalized spacial score (nSPS) is 21.2. The number of H-pyrrole nitrogens is 1. The summed E-state index contributed by atoms with van der Waals surface area (Å²) >= 11 is 0. The highest BCUT2D eigenvalue weighted by Crippen LogP contribution is 2.33. The summed E-state index contributed by atoms with van der Waals surface area (Å²) in [5.74, 6) is 1.52. The number of carbonyl (C=O) groups is 1. The zero-order valence-corrected chi connectivity index (χ0v) is 20.4. The van der Waals surface area contributed by atoms with Gasteiger partial charge in [0.2, 0.25) is 0 Å². The smallest absolute Gasteiger partial charge is 0.259 e. The summed E-state index contributed by atoms with van der Waals surface area (Å²) in [5.41, 5.74) is 3.04. The third-order valence-electron chi connectivity index (χ3n) is 8.43. The van der Waals surface area contributed by atoms with Gasteiger partial charge in [0.25, 0.3) is 11.5 Å². The largest absolute Gasteiger partial charge is 0.381 e. The van der Waals surface area contributed by atoms with Crippen LogP contribution in [0.3, 0.4) is 0 Å². The molecule has 35 heavy (non-hydrogen) atoms. The summed E-state index contributed by atoms with van der Waals surface area (Å²) in [7, 11) is 0. The van der Waals surface area contributed by atoms with Crippen LogP contribution >= 0.6 is 0 Å². The first kappa shape index (κ1) is 22.7. The van der Waals surface area contributed by atoms with Crippen LogP contribution in [0, 0.1) is 18.8 Å². The zero-order chi connectivity index (χ0) is 23.9. The van der Waals surface area contributed by atoms with Gasteiger partial charge in [0, 0.05) is 50.5 Å². The van der Waals surface area contributed by atoms with E-state index in [1.807, 2.05) is 28.6 Å². The van der Waals surface area contributed by atoms with Crippen molar-refractivity contribution in [1.82, 2.24) is 19.7 Å². The monoisotopic (exact) mass is 478 g/mol. The van der Waals surface area contributed by atoms with Crippen LogP contribution in [0.4, 0.5) is 0 Å². The summed E-state index contributed by atoms with van der Waals surface area (Å²) in [5, 5.41) is 6.06. The molecular formula is C27H34N4O4. The maximum absolute atomic E-state index is 13.7. The number of ether oxygens (including phenoxy) is 2. The Bertz CT molecular complexity index is 1290. The van der Waals surface area contributed by atoms with Crippen LogP contribution in [0.15, 0.2) is 23.1 Å². The van der Waals surface area contributed by atoms with Crippen LogP contribution < -0.4 is 5.56 Å². The number of hydrogen-bond donors (Lipinski definition) is 1. The van der Waals surface area contributed by atoms with Gasteiger partial charge in [0.1, 0.15) is 0 Å². The Balaban J connectivity index is 1.32. The predicted molar refractivity (Wildman–Crippen MR) is 134 cm³/mol. The second kappa shape index (κ2) is 9.39. The number of hydrogen-bond acceptors (Lipinski definition) is 5. The molecule has 1 N–H and O–H groups in total. The van der Waals surface area contributed by atoms with E-state index in [2.05, 4.69) is 10.1 Å². The molecule has 8 heteroatoms. The summed E-state index contributed by atoms with van der Waals surface area (Å²) in [6.07, 6.45) is 7.82. The van der Waals surface area contributed by atoms with E-state index in [0.29, 0.717) is 24.5 Å². The van der Waals surface area contributed by atoms with Gasteiger partial charge in [-0.2, -0.15) is 5.10 Å². The fraction of sp³-hybridized carbons (Fsp3) is 0.593. The van der Waals surface area contributed by atoms with Gasteiger partial charge in [-0.1, -0.05) is 0 Å². The Kier molecular flexibility index (Phi) is 6.10. The highest BCUT2D eigenvalue weighted by molar-refractivity contribution is 6.07. The molecular weight excluding hydrogens is 444 g/mol. The molecule has 0 radical (unpaired) electrons. The van der Waals surface area contributed by atoms with Crippen LogP contribution in [0.2, 0.25) is 0 Å². The lowest BCUT2D eigenvalue weighted by molar-refractivity contribution is 0.0288. The number of pyridine rings is 1. The zero-order valence-electron chi connectivity index (χ0n) is 20.4. The molecule has 6 rings (SSSR count). The summed E-state index contributed by atoms with van der Waals surface area (Å²) in [6.45, 7) is 6.71. The number of piperidine rings is 1. The molecule has 0 unspecified atom stereocenters. The van der Waals surface area contributed by atoms with Crippen molar-refractivity contribution in [3.8, 4) is 0 Å². The molecule has 3 aliphatic rings. The molecule has 0 spiro atoms. The van der Waals surface area contributed by atoms with Gasteiger partial charge in [0.05, 0.1) is 28.7 Å². The number of aryl methyl sites for hydroxylation is 1. The van der Waals surface area contributed by atoms with Gasteiger partial charge in [0.15, 0.2) is 0 Å². The van der Waals surface area contributed by atoms with Gasteiger partial charge >= 0.3 is 0 Å². The third-order valence-corrected chi connectivity index (χ3v) is 8.43. The van der Waals surface area contributed by atoms with E-state index >= 15 is 0 Å². The first-order valence-electron chi connectivity index (χ1n) is 13.1. The van der Waals surface area contributed by atoms with Crippen molar-refractivity contribution in [1.29, 1.82) is 0 Å². The van der Waals surface area contributed by atoms with E-state index in [4.69, 9.17) is 9.47 Å². The molecule has 186 valence electrons. The fourth-order valence-electron chi connectivity index (χ4n) is 6.36. The SMILES string of the molecule is Cc1cc2[nH]c(=O)c3cnn(C4CCOCC4)c3c2cc1C(=O)N1CCC(C2CCOCC2)CC1. The van der Waals surface area contributed by atoms with Crippen LogP contribution in [0.1, 0.15) is 60.5 Å². The van der Waals surface area contributed by atoms with E-state index in [0.717, 1.165) is 98.3 Å². The van der Waals surface area contributed by atoms with Crippen LogP contribution in [0.25, 0.3) is 21.8 Å². The van der Waals surface area contributed by atoms with E-state index in [1.54, 1.807) is 6.20 Å². The third kappa shape index (κ3) is 4.16. The lowest BCUT2D eigenvalue weighted by Gasteiger charge is -2.37. The molecule has 0 aliphatic carbocycles. The van der Waals surface area contributed by atoms with Crippen molar-refractivity contribution in [2.24, 2.45) is 11.8 Å². The van der Waals surface area contributed by atoms with Gasteiger partial charge in [-0.05, 0) is 75.0 Å². The average molecular weight is 479 g/mol. The quantitative estimate of drug-likeness (QED) is 0.618. The average Bonchev–Trinajstić information content (AvgIpc) is 3.35. The Morgan fingerprint density at radius 3 is 2.31 bits per heavy atom. The molecule has 3 fully saturated rings.